The normalized spacial score (nSPS) is 19.9. The molecule has 6 rings (SSSR count). The zero-order valence-corrected chi connectivity index (χ0v) is 20.8. The van der Waals surface area contributed by atoms with Crippen LogP contribution in [0, 0.1) is 16.0 Å². The van der Waals surface area contributed by atoms with E-state index >= 15 is 0 Å². The van der Waals surface area contributed by atoms with Gasteiger partial charge in [0.05, 0.1) is 27.9 Å². The van der Waals surface area contributed by atoms with Crippen LogP contribution in [0.4, 0.5) is 17.1 Å². The number of hydroxylamine groups is 1. The van der Waals surface area contributed by atoms with E-state index in [1.54, 1.807) is 91.0 Å². The van der Waals surface area contributed by atoms with Gasteiger partial charge in [0.25, 0.3) is 11.6 Å². The van der Waals surface area contributed by atoms with Gasteiger partial charge in [-0.25, -0.2) is 14.8 Å². The van der Waals surface area contributed by atoms with Crippen LogP contribution >= 0.6 is 0 Å². The van der Waals surface area contributed by atoms with Gasteiger partial charge < -0.3 is 4.74 Å². The van der Waals surface area contributed by atoms with Crippen molar-refractivity contribution < 1.29 is 28.9 Å². The lowest BCUT2D eigenvalue weighted by Gasteiger charge is -2.28. The summed E-state index contributed by atoms with van der Waals surface area (Å²) in [5.41, 5.74) is 1.57. The summed E-state index contributed by atoms with van der Waals surface area (Å²) in [5.74, 6) is -2.13. The smallest absolute Gasteiger partial charge is 0.343 e. The molecule has 0 bridgehead atoms. The summed E-state index contributed by atoms with van der Waals surface area (Å²) >= 11 is 0. The van der Waals surface area contributed by atoms with Crippen molar-refractivity contribution in [2.45, 2.75) is 12.1 Å². The molecule has 0 spiro atoms. The summed E-state index contributed by atoms with van der Waals surface area (Å²) in [4.78, 5) is 57.7. The molecule has 0 unspecified atom stereocenters. The predicted octanol–water partition coefficient (Wildman–Crippen LogP) is 4.87. The van der Waals surface area contributed by atoms with Gasteiger partial charge in [0.15, 0.2) is 6.10 Å². The molecule has 0 aliphatic carbocycles. The molecule has 4 aromatic carbocycles. The summed E-state index contributed by atoms with van der Waals surface area (Å²) in [6, 6.07) is 28.7. The molecule has 2 saturated heterocycles. The molecule has 0 aromatic heterocycles. The van der Waals surface area contributed by atoms with E-state index in [4.69, 9.17) is 9.57 Å². The summed E-state index contributed by atoms with van der Waals surface area (Å²) in [6.07, 6.45) is -1.13. The third kappa shape index (κ3) is 4.36. The van der Waals surface area contributed by atoms with Crippen LogP contribution in [0.15, 0.2) is 109 Å². The molecule has 40 heavy (non-hydrogen) atoms. The van der Waals surface area contributed by atoms with E-state index in [0.717, 1.165) is 4.90 Å². The van der Waals surface area contributed by atoms with E-state index in [0.29, 0.717) is 22.5 Å². The van der Waals surface area contributed by atoms with Crippen LogP contribution in [0.25, 0.3) is 0 Å². The van der Waals surface area contributed by atoms with E-state index in [1.807, 2.05) is 0 Å². The Kier molecular flexibility index (Phi) is 6.29. The second kappa shape index (κ2) is 10.1. The Labute approximate surface area is 228 Å². The molecule has 2 heterocycles. The molecule has 0 saturated carbocycles. The number of imide groups is 1. The highest BCUT2D eigenvalue weighted by Crippen LogP contribution is 2.48. The number of rotatable bonds is 6. The van der Waals surface area contributed by atoms with Crippen molar-refractivity contribution in [3.05, 3.63) is 130 Å². The molecule has 2 fully saturated rings. The number of nitro benzene ring substituents is 1. The number of benzene rings is 4. The van der Waals surface area contributed by atoms with Crippen molar-refractivity contribution >= 4 is 34.8 Å². The number of ether oxygens (including phenoxy) is 1. The number of esters is 1. The Bertz CT molecular complexity index is 1610. The minimum Gasteiger partial charge on any atom is -0.423 e. The second-order valence-electron chi connectivity index (χ2n) is 9.27. The van der Waals surface area contributed by atoms with Crippen LogP contribution in [0.1, 0.15) is 22.0 Å². The van der Waals surface area contributed by atoms with Gasteiger partial charge in [-0.05, 0) is 48.0 Å². The molecule has 4 aromatic rings. The van der Waals surface area contributed by atoms with Gasteiger partial charge >= 0.3 is 5.97 Å². The van der Waals surface area contributed by atoms with Gasteiger partial charge in [-0.15, -0.1) is 0 Å². The van der Waals surface area contributed by atoms with Crippen LogP contribution in [-0.2, 0) is 14.4 Å². The number of hydrogen-bond donors (Lipinski definition) is 0. The van der Waals surface area contributed by atoms with Gasteiger partial charge in [-0.3, -0.25) is 24.5 Å². The third-order valence-electron chi connectivity index (χ3n) is 6.87. The molecule has 2 aliphatic rings. The molecular weight excluding hydrogens is 514 g/mol. The standard InChI is InChI=1S/C30H21N3O7/c34-28-25-26(19-14-16-24(17-15-19)39-30(36)20-8-3-1-4-9-20)32(22-12-7-13-23(18-22)33(37)38)40-27(25)29(35)31(28)21-10-5-2-6-11-21/h1-18,25-27H/t25-,26-,27-/m0/s1. The van der Waals surface area contributed by atoms with Gasteiger partial charge in [0, 0.05) is 12.1 Å². The topological polar surface area (TPSA) is 119 Å². The van der Waals surface area contributed by atoms with Gasteiger partial charge in [-0.1, -0.05) is 54.6 Å². The average molecular weight is 536 g/mol. The third-order valence-corrected chi connectivity index (χ3v) is 6.87. The Balaban J connectivity index is 1.36. The number of carbonyl (C=O) groups excluding carboxylic acids is 3. The Morgan fingerprint density at radius 3 is 2.12 bits per heavy atom. The summed E-state index contributed by atoms with van der Waals surface area (Å²) in [5, 5.41) is 12.8. The van der Waals surface area contributed by atoms with E-state index in [-0.39, 0.29) is 11.4 Å². The van der Waals surface area contributed by atoms with Crippen molar-refractivity contribution in [2.75, 3.05) is 9.96 Å². The molecule has 0 radical (unpaired) electrons. The zero-order valence-electron chi connectivity index (χ0n) is 20.8. The molecule has 2 amide bonds. The fourth-order valence-electron chi connectivity index (χ4n) is 5.03. The highest BCUT2D eigenvalue weighted by Gasteiger charge is 2.60. The first-order valence-corrected chi connectivity index (χ1v) is 12.4. The van der Waals surface area contributed by atoms with E-state index in [2.05, 4.69) is 0 Å². The first-order valence-electron chi connectivity index (χ1n) is 12.4. The number of non-ortho nitro benzene ring substituents is 1. The lowest BCUT2D eigenvalue weighted by Crippen LogP contribution is -2.37. The first-order chi connectivity index (χ1) is 19.4. The minimum atomic E-state index is -1.13. The SMILES string of the molecule is O=C(Oc1ccc([C@H]2[C@@H]3C(=O)N(c4ccccc4)C(=O)[C@H]3ON2c2cccc([N+](=O)[O-])c2)cc1)c1ccccc1. The summed E-state index contributed by atoms with van der Waals surface area (Å²) in [7, 11) is 0. The molecule has 10 heteroatoms. The van der Waals surface area contributed by atoms with Crippen LogP contribution in [-0.4, -0.2) is 28.8 Å². The average Bonchev–Trinajstić information content (AvgIpc) is 3.50. The van der Waals surface area contributed by atoms with Crippen LogP contribution < -0.4 is 14.7 Å². The fraction of sp³-hybridized carbons (Fsp3) is 0.100. The number of anilines is 2. The predicted molar refractivity (Wildman–Crippen MR) is 143 cm³/mol. The highest BCUT2D eigenvalue weighted by molar-refractivity contribution is 6.23. The lowest BCUT2D eigenvalue weighted by molar-refractivity contribution is -0.384. The van der Waals surface area contributed by atoms with E-state index in [1.165, 1.54) is 23.3 Å². The minimum absolute atomic E-state index is 0.163. The number of fused-ring (bicyclic) bond motifs is 1. The number of nitro groups is 1. The van der Waals surface area contributed by atoms with E-state index in [9.17, 15) is 24.5 Å². The van der Waals surface area contributed by atoms with Crippen LogP contribution in [0.2, 0.25) is 0 Å². The Morgan fingerprint density at radius 1 is 0.800 bits per heavy atom. The number of hydrogen-bond acceptors (Lipinski definition) is 8. The highest BCUT2D eigenvalue weighted by atomic mass is 16.7. The maximum Gasteiger partial charge on any atom is 0.343 e. The van der Waals surface area contributed by atoms with Crippen molar-refractivity contribution in [3.8, 4) is 5.75 Å². The molecular formula is C30H21N3O7. The van der Waals surface area contributed by atoms with Gasteiger partial charge in [0.2, 0.25) is 5.91 Å². The Hall–Kier alpha value is -5.35. The molecule has 3 atom stereocenters. The summed E-state index contributed by atoms with van der Waals surface area (Å²) in [6.45, 7) is 0. The van der Waals surface area contributed by atoms with Crippen LogP contribution in [0.5, 0.6) is 5.75 Å². The van der Waals surface area contributed by atoms with E-state index < -0.39 is 40.8 Å². The zero-order chi connectivity index (χ0) is 27.8. The quantitative estimate of drug-likeness (QED) is 0.113. The maximum absolute atomic E-state index is 13.7. The van der Waals surface area contributed by atoms with Crippen LogP contribution in [0.3, 0.4) is 0 Å². The number of carbonyl (C=O) groups is 3. The molecule has 2 aliphatic heterocycles. The molecule has 10 nitrogen and oxygen atoms in total. The van der Waals surface area contributed by atoms with Gasteiger partial charge in [0.1, 0.15) is 11.7 Å². The summed E-state index contributed by atoms with van der Waals surface area (Å²) < 4.78 is 5.48. The lowest BCUT2D eigenvalue weighted by atomic mass is 9.90. The fourth-order valence-corrected chi connectivity index (χ4v) is 5.03. The molecule has 0 N–H and O–H groups in total. The monoisotopic (exact) mass is 535 g/mol. The number of amides is 2. The van der Waals surface area contributed by atoms with Crippen molar-refractivity contribution in [1.82, 2.24) is 0 Å². The van der Waals surface area contributed by atoms with Crippen molar-refractivity contribution in [2.24, 2.45) is 5.92 Å². The van der Waals surface area contributed by atoms with Crippen molar-refractivity contribution in [3.63, 3.8) is 0 Å². The Morgan fingerprint density at radius 2 is 1.45 bits per heavy atom. The molecule has 198 valence electrons. The second-order valence-corrected chi connectivity index (χ2v) is 9.27. The first kappa shape index (κ1) is 25.0. The van der Waals surface area contributed by atoms with Crippen molar-refractivity contribution in [1.29, 1.82) is 0 Å². The number of nitrogens with zero attached hydrogens (tertiary/aromatic N) is 3. The number of para-hydroxylation sites is 1. The largest absolute Gasteiger partial charge is 0.423 e. The van der Waals surface area contributed by atoms with Gasteiger partial charge in [-0.2, -0.15) is 0 Å². The maximum atomic E-state index is 13.7.